The molecule has 1 heterocycles. The van der Waals surface area contributed by atoms with Crippen molar-refractivity contribution in [2.45, 2.75) is 44.4 Å². The van der Waals surface area contributed by atoms with Crippen molar-refractivity contribution in [2.24, 2.45) is 4.99 Å². The molecule has 1 aliphatic heterocycles. The van der Waals surface area contributed by atoms with Gasteiger partial charge in [-0.3, -0.25) is 4.99 Å². The maximum Gasteiger partial charge on any atom is 0.191 e. The van der Waals surface area contributed by atoms with Crippen LogP contribution in [-0.4, -0.2) is 43.3 Å². The minimum absolute atomic E-state index is 0. The van der Waals surface area contributed by atoms with E-state index >= 15 is 0 Å². The molecule has 1 saturated heterocycles. The second-order valence-electron chi connectivity index (χ2n) is 6.53. The number of ether oxygens (including phenoxy) is 1. The maximum absolute atomic E-state index is 13.8. The van der Waals surface area contributed by atoms with Crippen LogP contribution in [0.1, 0.15) is 43.9 Å². The van der Waals surface area contributed by atoms with Crippen molar-refractivity contribution < 1.29 is 9.13 Å². The summed E-state index contributed by atoms with van der Waals surface area (Å²) in [6.07, 6.45) is 2.10. The molecule has 0 bridgehead atoms. The summed E-state index contributed by atoms with van der Waals surface area (Å²) in [6.45, 7) is 8.48. The second-order valence-corrected chi connectivity index (χ2v) is 8.26. The molecule has 7 heteroatoms. The monoisotopic (exact) mass is 495 g/mol. The van der Waals surface area contributed by atoms with Crippen LogP contribution < -0.4 is 10.6 Å². The third kappa shape index (κ3) is 6.56. The van der Waals surface area contributed by atoms with Gasteiger partial charge in [0, 0.05) is 31.6 Å². The Morgan fingerprint density at radius 3 is 2.65 bits per heavy atom. The summed E-state index contributed by atoms with van der Waals surface area (Å²) in [5.74, 6) is 1.66. The number of benzene rings is 1. The second kappa shape index (κ2) is 11.3. The smallest absolute Gasteiger partial charge is 0.191 e. The molecule has 0 saturated carbocycles. The van der Waals surface area contributed by atoms with Crippen LogP contribution in [0, 0.1) is 12.7 Å². The van der Waals surface area contributed by atoms with Gasteiger partial charge in [-0.15, -0.1) is 24.0 Å². The van der Waals surface area contributed by atoms with Crippen molar-refractivity contribution >= 4 is 41.7 Å². The first kappa shape index (κ1) is 23.5. The highest BCUT2D eigenvalue weighted by molar-refractivity contribution is 14.0. The van der Waals surface area contributed by atoms with Crippen LogP contribution in [0.3, 0.4) is 0 Å². The minimum Gasteiger partial charge on any atom is -0.381 e. The third-order valence-electron chi connectivity index (χ3n) is 4.71. The fourth-order valence-electron chi connectivity index (χ4n) is 3.03. The highest BCUT2D eigenvalue weighted by atomic mass is 127. The summed E-state index contributed by atoms with van der Waals surface area (Å²) < 4.78 is 19.5. The number of nitrogens with zero attached hydrogens (tertiary/aromatic N) is 1. The SMILES string of the molecule is CCSC1(CNC(=NC)NC(C)c2ccc(C)c(F)c2)CCOCC1.I. The number of nitrogens with one attached hydrogen (secondary N) is 2. The summed E-state index contributed by atoms with van der Waals surface area (Å²) in [7, 11) is 1.77. The lowest BCUT2D eigenvalue weighted by atomic mass is 9.99. The number of halogens is 2. The van der Waals surface area contributed by atoms with E-state index in [0.29, 0.717) is 5.56 Å². The molecule has 0 amide bonds. The molecule has 0 radical (unpaired) electrons. The molecule has 26 heavy (non-hydrogen) atoms. The van der Waals surface area contributed by atoms with Gasteiger partial charge in [-0.05, 0) is 49.6 Å². The first-order valence-electron chi connectivity index (χ1n) is 8.94. The standard InChI is InChI=1S/C19H30FN3OS.HI/c1-5-25-19(8-10-24-11-9-19)13-22-18(21-4)23-15(3)16-7-6-14(2)17(20)12-16;/h6-7,12,15H,5,8-11,13H2,1-4H3,(H2,21,22,23);1H. The molecule has 0 aliphatic carbocycles. The highest BCUT2D eigenvalue weighted by Gasteiger charge is 2.32. The van der Waals surface area contributed by atoms with Crippen molar-refractivity contribution in [1.82, 2.24) is 10.6 Å². The van der Waals surface area contributed by atoms with Crippen LogP contribution in [0.15, 0.2) is 23.2 Å². The molecular weight excluding hydrogens is 464 g/mol. The molecule has 1 unspecified atom stereocenters. The van der Waals surface area contributed by atoms with E-state index < -0.39 is 0 Å². The Kier molecular flexibility index (Phi) is 10.2. The Hall–Kier alpha value is -0.540. The summed E-state index contributed by atoms with van der Waals surface area (Å²) in [6, 6.07) is 5.34. The largest absolute Gasteiger partial charge is 0.381 e. The lowest BCUT2D eigenvalue weighted by molar-refractivity contribution is 0.0782. The molecular formula is C19H31FIN3OS. The number of hydrogen-bond acceptors (Lipinski definition) is 3. The predicted octanol–water partition coefficient (Wildman–Crippen LogP) is 4.28. The minimum atomic E-state index is -0.172. The van der Waals surface area contributed by atoms with E-state index in [0.717, 1.165) is 49.9 Å². The lowest BCUT2D eigenvalue weighted by Crippen LogP contribution is -2.48. The molecule has 4 nitrogen and oxygen atoms in total. The van der Waals surface area contributed by atoms with Crippen LogP contribution >= 0.6 is 35.7 Å². The molecule has 0 spiro atoms. The van der Waals surface area contributed by atoms with Gasteiger partial charge < -0.3 is 15.4 Å². The van der Waals surface area contributed by atoms with Gasteiger partial charge in [0.2, 0.25) is 0 Å². The quantitative estimate of drug-likeness (QED) is 0.352. The zero-order chi connectivity index (χ0) is 18.3. The Bertz CT molecular complexity index is 589. The lowest BCUT2D eigenvalue weighted by Gasteiger charge is -2.37. The molecule has 2 N–H and O–H groups in total. The Labute approximate surface area is 178 Å². The number of guanidine groups is 1. The van der Waals surface area contributed by atoms with Crippen LogP contribution in [-0.2, 0) is 4.74 Å². The van der Waals surface area contributed by atoms with Crippen molar-refractivity contribution in [1.29, 1.82) is 0 Å². The number of rotatable bonds is 6. The summed E-state index contributed by atoms with van der Waals surface area (Å²) in [5, 5.41) is 6.82. The van der Waals surface area contributed by atoms with Crippen LogP contribution in [0.25, 0.3) is 0 Å². The Morgan fingerprint density at radius 2 is 2.08 bits per heavy atom. The van der Waals surface area contributed by atoms with Gasteiger partial charge in [0.25, 0.3) is 0 Å². The molecule has 1 aromatic carbocycles. The van der Waals surface area contributed by atoms with E-state index in [9.17, 15) is 4.39 Å². The van der Waals surface area contributed by atoms with Crippen LogP contribution in [0.5, 0.6) is 0 Å². The summed E-state index contributed by atoms with van der Waals surface area (Å²) in [5.41, 5.74) is 1.58. The van der Waals surface area contributed by atoms with Gasteiger partial charge in [0.1, 0.15) is 5.82 Å². The average molecular weight is 495 g/mol. The zero-order valence-electron chi connectivity index (χ0n) is 16.1. The summed E-state index contributed by atoms with van der Waals surface area (Å²) >= 11 is 2.00. The van der Waals surface area contributed by atoms with Crippen molar-refractivity contribution in [3.63, 3.8) is 0 Å². The normalized spacial score (nSPS) is 18.0. The van der Waals surface area contributed by atoms with E-state index in [1.807, 2.05) is 30.8 Å². The number of thioether (sulfide) groups is 1. The fourth-order valence-corrected chi connectivity index (χ4v) is 4.27. The maximum atomic E-state index is 13.8. The molecule has 1 atom stereocenters. The zero-order valence-corrected chi connectivity index (χ0v) is 19.2. The first-order valence-corrected chi connectivity index (χ1v) is 9.93. The molecule has 0 aromatic heterocycles. The van der Waals surface area contributed by atoms with Gasteiger partial charge in [-0.2, -0.15) is 11.8 Å². The molecule has 1 fully saturated rings. The van der Waals surface area contributed by atoms with Gasteiger partial charge in [-0.1, -0.05) is 19.1 Å². The average Bonchev–Trinajstić information content (AvgIpc) is 2.62. The van der Waals surface area contributed by atoms with Crippen LogP contribution in [0.2, 0.25) is 0 Å². The highest BCUT2D eigenvalue weighted by Crippen LogP contribution is 2.34. The van der Waals surface area contributed by atoms with Gasteiger partial charge in [0.15, 0.2) is 5.96 Å². The molecule has 2 rings (SSSR count). The van der Waals surface area contributed by atoms with E-state index in [-0.39, 0.29) is 40.6 Å². The van der Waals surface area contributed by atoms with E-state index in [1.165, 1.54) is 0 Å². The summed E-state index contributed by atoms with van der Waals surface area (Å²) in [4.78, 5) is 4.33. The van der Waals surface area contributed by atoms with Crippen molar-refractivity contribution in [3.8, 4) is 0 Å². The predicted molar refractivity (Wildman–Crippen MR) is 120 cm³/mol. The van der Waals surface area contributed by atoms with E-state index in [4.69, 9.17) is 4.74 Å². The number of aliphatic imine (C=N–C) groups is 1. The van der Waals surface area contributed by atoms with Gasteiger partial charge >= 0.3 is 0 Å². The van der Waals surface area contributed by atoms with Crippen LogP contribution in [0.4, 0.5) is 4.39 Å². The van der Waals surface area contributed by atoms with Gasteiger partial charge in [-0.25, -0.2) is 4.39 Å². The molecule has 148 valence electrons. The fraction of sp³-hybridized carbons (Fsp3) is 0.632. The Balaban J connectivity index is 0.00000338. The van der Waals surface area contributed by atoms with Crippen molar-refractivity contribution in [2.75, 3.05) is 32.6 Å². The van der Waals surface area contributed by atoms with E-state index in [1.54, 1.807) is 20.0 Å². The third-order valence-corrected chi connectivity index (χ3v) is 6.16. The van der Waals surface area contributed by atoms with Gasteiger partial charge in [0.05, 0.1) is 6.04 Å². The van der Waals surface area contributed by atoms with Crippen molar-refractivity contribution in [3.05, 3.63) is 35.1 Å². The first-order chi connectivity index (χ1) is 12.0. The van der Waals surface area contributed by atoms with E-state index in [2.05, 4.69) is 22.5 Å². The Morgan fingerprint density at radius 1 is 1.38 bits per heavy atom. The number of aryl methyl sites for hydroxylation is 1. The molecule has 1 aliphatic rings. The molecule has 1 aromatic rings. The topological polar surface area (TPSA) is 45.7 Å². The number of hydrogen-bond donors (Lipinski definition) is 2.